The maximum atomic E-state index is 13.3. The number of nitrogens with one attached hydrogen (secondary N) is 1. The highest BCUT2D eigenvalue weighted by Gasteiger charge is 2.30. The Hall–Kier alpha value is -3.19. The van der Waals surface area contributed by atoms with Gasteiger partial charge in [-0.25, -0.2) is 9.37 Å². The van der Waals surface area contributed by atoms with Crippen molar-refractivity contribution in [2.75, 3.05) is 23.3 Å². The van der Waals surface area contributed by atoms with Gasteiger partial charge < -0.3 is 15.0 Å². The standard InChI is InChI=1S/C22H20ClFN4O2/c1-2-20(29)14-4-3-5-15(10-14)26-22-25-9-8-21(27-22)28-12-17(13-28)30-16-6-7-19(24)18(23)11-16/h3-11,17H,2,12-13H2,1H3,(H,25,26,27). The van der Waals surface area contributed by atoms with E-state index in [0.29, 0.717) is 36.8 Å². The lowest BCUT2D eigenvalue weighted by Crippen LogP contribution is -2.54. The molecule has 4 rings (SSSR count). The highest BCUT2D eigenvalue weighted by atomic mass is 35.5. The number of ether oxygens (including phenoxy) is 1. The summed E-state index contributed by atoms with van der Waals surface area (Å²) >= 11 is 5.79. The van der Waals surface area contributed by atoms with Gasteiger partial charge in [-0.15, -0.1) is 0 Å². The molecule has 2 heterocycles. The molecule has 0 saturated carbocycles. The van der Waals surface area contributed by atoms with Gasteiger partial charge in [-0.3, -0.25) is 4.79 Å². The summed E-state index contributed by atoms with van der Waals surface area (Å²) in [5, 5.41) is 3.19. The van der Waals surface area contributed by atoms with Crippen LogP contribution in [0.15, 0.2) is 54.7 Å². The predicted molar refractivity (Wildman–Crippen MR) is 114 cm³/mol. The van der Waals surface area contributed by atoms with E-state index in [-0.39, 0.29) is 16.9 Å². The van der Waals surface area contributed by atoms with Crippen LogP contribution in [0, 0.1) is 5.82 Å². The highest BCUT2D eigenvalue weighted by molar-refractivity contribution is 6.30. The predicted octanol–water partition coefficient (Wildman–Crippen LogP) is 4.87. The zero-order chi connectivity index (χ0) is 21.1. The minimum absolute atomic E-state index is 0.0327. The van der Waals surface area contributed by atoms with E-state index < -0.39 is 5.82 Å². The zero-order valence-corrected chi connectivity index (χ0v) is 17.1. The van der Waals surface area contributed by atoms with Crippen molar-refractivity contribution in [3.63, 3.8) is 0 Å². The van der Waals surface area contributed by atoms with E-state index in [1.54, 1.807) is 24.4 Å². The lowest BCUT2D eigenvalue weighted by atomic mass is 10.1. The first kappa shape index (κ1) is 20.1. The third-order valence-electron chi connectivity index (χ3n) is 4.77. The minimum Gasteiger partial charge on any atom is -0.487 e. The van der Waals surface area contributed by atoms with E-state index in [9.17, 15) is 9.18 Å². The highest BCUT2D eigenvalue weighted by Crippen LogP contribution is 2.26. The smallest absolute Gasteiger partial charge is 0.229 e. The van der Waals surface area contributed by atoms with Gasteiger partial charge in [-0.2, -0.15) is 4.98 Å². The summed E-state index contributed by atoms with van der Waals surface area (Å²) in [6.45, 7) is 3.13. The first-order chi connectivity index (χ1) is 14.5. The SMILES string of the molecule is CCC(=O)c1cccc(Nc2nccc(N3CC(Oc4ccc(F)c(Cl)c4)C3)n2)c1. The summed E-state index contributed by atoms with van der Waals surface area (Å²) in [5.41, 5.74) is 1.41. The third-order valence-corrected chi connectivity index (χ3v) is 5.06. The van der Waals surface area contributed by atoms with Crippen LogP contribution >= 0.6 is 11.6 Å². The van der Waals surface area contributed by atoms with Crippen molar-refractivity contribution in [3.05, 3.63) is 71.1 Å². The van der Waals surface area contributed by atoms with Gasteiger partial charge in [0.2, 0.25) is 5.95 Å². The van der Waals surface area contributed by atoms with E-state index in [4.69, 9.17) is 16.3 Å². The fourth-order valence-corrected chi connectivity index (χ4v) is 3.30. The molecule has 8 heteroatoms. The van der Waals surface area contributed by atoms with Gasteiger partial charge in [0, 0.05) is 29.9 Å². The average molecular weight is 427 g/mol. The van der Waals surface area contributed by atoms with Crippen molar-refractivity contribution in [1.82, 2.24) is 9.97 Å². The molecule has 0 aliphatic carbocycles. The molecule has 0 unspecified atom stereocenters. The van der Waals surface area contributed by atoms with E-state index in [2.05, 4.69) is 20.2 Å². The molecule has 0 amide bonds. The summed E-state index contributed by atoms with van der Waals surface area (Å²) in [7, 11) is 0. The van der Waals surface area contributed by atoms with Crippen molar-refractivity contribution in [1.29, 1.82) is 0 Å². The Balaban J connectivity index is 1.37. The molecule has 1 aromatic heterocycles. The molecule has 1 saturated heterocycles. The van der Waals surface area contributed by atoms with Crippen LogP contribution in [0.5, 0.6) is 5.75 Å². The van der Waals surface area contributed by atoms with Crippen LogP contribution in [0.4, 0.5) is 21.8 Å². The quantitative estimate of drug-likeness (QED) is 0.543. The Kier molecular flexibility index (Phi) is 5.81. The van der Waals surface area contributed by atoms with Crippen LogP contribution in [-0.4, -0.2) is 34.9 Å². The van der Waals surface area contributed by atoms with Gasteiger partial charge in [0.05, 0.1) is 18.1 Å². The molecule has 154 valence electrons. The number of hydrogen-bond donors (Lipinski definition) is 1. The van der Waals surface area contributed by atoms with Crippen LogP contribution < -0.4 is 15.0 Å². The summed E-state index contributed by atoms with van der Waals surface area (Å²) < 4.78 is 19.1. The molecule has 6 nitrogen and oxygen atoms in total. The molecule has 0 bridgehead atoms. The maximum Gasteiger partial charge on any atom is 0.229 e. The van der Waals surface area contributed by atoms with Crippen molar-refractivity contribution in [2.24, 2.45) is 0 Å². The number of hydrogen-bond acceptors (Lipinski definition) is 6. The normalized spacial score (nSPS) is 13.6. The number of anilines is 3. The minimum atomic E-state index is -0.468. The van der Waals surface area contributed by atoms with Crippen LogP contribution in [0.1, 0.15) is 23.7 Å². The number of carbonyl (C=O) groups excluding carboxylic acids is 1. The van der Waals surface area contributed by atoms with Gasteiger partial charge in [0.15, 0.2) is 5.78 Å². The monoisotopic (exact) mass is 426 g/mol. The van der Waals surface area contributed by atoms with Crippen LogP contribution in [0.25, 0.3) is 0 Å². The second kappa shape index (κ2) is 8.67. The number of carbonyl (C=O) groups is 1. The van der Waals surface area contributed by atoms with E-state index in [0.717, 1.165) is 11.5 Å². The lowest BCUT2D eigenvalue weighted by molar-refractivity contribution is 0.0988. The van der Waals surface area contributed by atoms with Crippen LogP contribution in [0.2, 0.25) is 5.02 Å². The Morgan fingerprint density at radius 1 is 1.27 bits per heavy atom. The topological polar surface area (TPSA) is 67.4 Å². The number of aromatic nitrogens is 2. The fourth-order valence-electron chi connectivity index (χ4n) is 3.13. The molecule has 30 heavy (non-hydrogen) atoms. The van der Waals surface area contributed by atoms with Gasteiger partial charge in [-0.1, -0.05) is 30.7 Å². The first-order valence-corrected chi connectivity index (χ1v) is 9.99. The van der Waals surface area contributed by atoms with E-state index in [1.165, 1.54) is 12.1 Å². The van der Waals surface area contributed by atoms with E-state index >= 15 is 0 Å². The molecule has 3 aromatic rings. The molecule has 1 aliphatic heterocycles. The second-order valence-electron chi connectivity index (χ2n) is 6.94. The largest absolute Gasteiger partial charge is 0.487 e. The molecule has 1 N–H and O–H groups in total. The number of ketones is 1. The number of halogens is 2. The first-order valence-electron chi connectivity index (χ1n) is 9.62. The van der Waals surface area contributed by atoms with Crippen molar-refractivity contribution >= 4 is 34.8 Å². The lowest BCUT2D eigenvalue weighted by Gasteiger charge is -2.39. The number of Topliss-reactive ketones (excluding diaryl/α,β-unsaturated/α-hetero) is 1. The third kappa shape index (κ3) is 4.52. The fraction of sp³-hybridized carbons (Fsp3) is 0.227. The molecule has 0 atom stereocenters. The Morgan fingerprint density at radius 3 is 2.87 bits per heavy atom. The molecule has 0 spiro atoms. The summed E-state index contributed by atoms with van der Waals surface area (Å²) in [5.74, 6) is 1.37. The number of nitrogens with zero attached hydrogens (tertiary/aromatic N) is 3. The van der Waals surface area contributed by atoms with Crippen LogP contribution in [0.3, 0.4) is 0 Å². The average Bonchev–Trinajstić information content (AvgIpc) is 2.72. The van der Waals surface area contributed by atoms with Gasteiger partial charge in [-0.05, 0) is 30.3 Å². The molecule has 1 aliphatic rings. The maximum absolute atomic E-state index is 13.3. The van der Waals surface area contributed by atoms with Crippen LogP contribution in [-0.2, 0) is 0 Å². The van der Waals surface area contributed by atoms with Gasteiger partial charge in [0.1, 0.15) is 23.5 Å². The van der Waals surface area contributed by atoms with Gasteiger partial charge >= 0.3 is 0 Å². The van der Waals surface area contributed by atoms with Crippen molar-refractivity contribution in [2.45, 2.75) is 19.4 Å². The number of rotatable bonds is 7. The van der Waals surface area contributed by atoms with Crippen molar-refractivity contribution < 1.29 is 13.9 Å². The molecule has 2 aromatic carbocycles. The van der Waals surface area contributed by atoms with Gasteiger partial charge in [0.25, 0.3) is 0 Å². The molecule has 0 radical (unpaired) electrons. The molecule has 1 fully saturated rings. The second-order valence-corrected chi connectivity index (χ2v) is 7.35. The van der Waals surface area contributed by atoms with Crippen molar-refractivity contribution in [3.8, 4) is 5.75 Å². The van der Waals surface area contributed by atoms with E-state index in [1.807, 2.05) is 25.1 Å². The zero-order valence-electron chi connectivity index (χ0n) is 16.3. The Labute approximate surface area is 178 Å². The summed E-state index contributed by atoms with van der Waals surface area (Å²) in [4.78, 5) is 22.8. The molecular weight excluding hydrogens is 407 g/mol. The summed E-state index contributed by atoms with van der Waals surface area (Å²) in [6, 6.07) is 13.4. The summed E-state index contributed by atoms with van der Waals surface area (Å²) in [6.07, 6.45) is 2.10. The Bertz CT molecular complexity index is 1070. The number of benzene rings is 2. The Morgan fingerprint density at radius 2 is 2.10 bits per heavy atom. The molecular formula is C22H20ClFN4O2.